The van der Waals surface area contributed by atoms with Crippen molar-refractivity contribution in [3.63, 3.8) is 0 Å². The number of rotatable bonds is 4. The van der Waals surface area contributed by atoms with E-state index in [-0.39, 0.29) is 11.8 Å². The van der Waals surface area contributed by atoms with Crippen LogP contribution in [0.1, 0.15) is 34.3 Å². The van der Waals surface area contributed by atoms with Gasteiger partial charge in [-0.15, -0.1) is 11.3 Å². The van der Waals surface area contributed by atoms with E-state index in [1.165, 1.54) is 18.4 Å². The summed E-state index contributed by atoms with van der Waals surface area (Å²) in [7, 11) is 1.36. The summed E-state index contributed by atoms with van der Waals surface area (Å²) < 4.78 is 4.94. The molecule has 0 bridgehead atoms. The molecule has 23 heavy (non-hydrogen) atoms. The lowest BCUT2D eigenvalue weighted by molar-refractivity contribution is -0.117. The second-order valence-corrected chi connectivity index (χ2v) is 6.81. The van der Waals surface area contributed by atoms with Gasteiger partial charge in [0.15, 0.2) is 0 Å². The first kappa shape index (κ1) is 15.7. The van der Waals surface area contributed by atoms with Crippen molar-refractivity contribution in [3.8, 4) is 11.1 Å². The third kappa shape index (κ3) is 3.15. The maximum absolute atomic E-state index is 12.3. The summed E-state index contributed by atoms with van der Waals surface area (Å²) in [6.45, 7) is 4.03. The minimum Gasteiger partial charge on any atom is -0.465 e. The van der Waals surface area contributed by atoms with Crippen LogP contribution in [-0.4, -0.2) is 19.0 Å². The molecule has 1 aromatic carbocycles. The first-order valence-corrected chi connectivity index (χ1v) is 8.47. The lowest BCUT2D eigenvalue weighted by Gasteiger charge is -2.10. The molecule has 2 aromatic rings. The van der Waals surface area contributed by atoms with Crippen LogP contribution in [0, 0.1) is 19.8 Å². The molecule has 1 aromatic heterocycles. The summed E-state index contributed by atoms with van der Waals surface area (Å²) in [5.74, 6) is -0.343. The highest BCUT2D eigenvalue weighted by atomic mass is 32.1. The van der Waals surface area contributed by atoms with Crippen LogP contribution < -0.4 is 5.32 Å². The molecular formula is C18H19NO3S. The average Bonchev–Trinajstić information content (AvgIpc) is 3.31. The summed E-state index contributed by atoms with van der Waals surface area (Å²) in [4.78, 5) is 24.3. The van der Waals surface area contributed by atoms with E-state index in [1.54, 1.807) is 0 Å². The first-order chi connectivity index (χ1) is 11.0. The number of benzene rings is 1. The minimum absolute atomic E-state index is 0.00971. The molecule has 0 atom stereocenters. The van der Waals surface area contributed by atoms with Gasteiger partial charge < -0.3 is 10.1 Å². The standard InChI is InChI=1S/C18H19NO3S/c1-10-4-5-11(2)13(8-10)14-9-23-17(15(14)18(21)22-3)19-16(20)12-6-7-12/h4-5,8-9,12H,6-7H2,1-3H3,(H,19,20). The van der Waals surface area contributed by atoms with Gasteiger partial charge >= 0.3 is 5.97 Å². The topological polar surface area (TPSA) is 55.4 Å². The van der Waals surface area contributed by atoms with Crippen molar-refractivity contribution in [1.82, 2.24) is 0 Å². The Labute approximate surface area is 139 Å². The monoisotopic (exact) mass is 329 g/mol. The number of anilines is 1. The van der Waals surface area contributed by atoms with Gasteiger partial charge in [0.2, 0.25) is 5.91 Å². The second kappa shape index (κ2) is 6.16. The molecule has 1 amide bonds. The number of carbonyl (C=O) groups is 2. The minimum atomic E-state index is -0.423. The van der Waals surface area contributed by atoms with Gasteiger partial charge in [-0.05, 0) is 37.8 Å². The van der Waals surface area contributed by atoms with Crippen molar-refractivity contribution in [2.45, 2.75) is 26.7 Å². The number of esters is 1. The molecule has 1 saturated carbocycles. The van der Waals surface area contributed by atoms with Gasteiger partial charge in [0.05, 0.1) is 7.11 Å². The van der Waals surface area contributed by atoms with Crippen LogP contribution in [0.15, 0.2) is 23.6 Å². The van der Waals surface area contributed by atoms with E-state index in [0.717, 1.165) is 35.1 Å². The Balaban J connectivity index is 2.06. The van der Waals surface area contributed by atoms with Crippen molar-refractivity contribution >= 4 is 28.2 Å². The number of nitrogens with one attached hydrogen (secondary N) is 1. The lowest BCUT2D eigenvalue weighted by atomic mass is 9.97. The fourth-order valence-corrected chi connectivity index (χ4v) is 3.49. The molecule has 4 nitrogen and oxygen atoms in total. The lowest BCUT2D eigenvalue weighted by Crippen LogP contribution is -2.15. The number of hydrogen-bond donors (Lipinski definition) is 1. The zero-order valence-corrected chi connectivity index (χ0v) is 14.3. The smallest absolute Gasteiger partial charge is 0.341 e. The third-order valence-electron chi connectivity index (χ3n) is 4.05. The molecule has 0 spiro atoms. The molecule has 5 heteroatoms. The van der Waals surface area contributed by atoms with E-state index in [9.17, 15) is 9.59 Å². The average molecular weight is 329 g/mol. The number of aryl methyl sites for hydroxylation is 2. The van der Waals surface area contributed by atoms with Crippen molar-refractivity contribution in [1.29, 1.82) is 0 Å². The zero-order valence-electron chi connectivity index (χ0n) is 13.4. The van der Waals surface area contributed by atoms with Crippen LogP contribution in [0.4, 0.5) is 5.00 Å². The quantitative estimate of drug-likeness (QED) is 0.857. The SMILES string of the molecule is COC(=O)c1c(-c2cc(C)ccc2C)csc1NC(=O)C1CC1. The third-order valence-corrected chi connectivity index (χ3v) is 4.94. The molecule has 1 N–H and O–H groups in total. The molecule has 1 fully saturated rings. The van der Waals surface area contributed by atoms with Crippen LogP contribution in [0.5, 0.6) is 0 Å². The summed E-state index contributed by atoms with van der Waals surface area (Å²) >= 11 is 1.37. The Morgan fingerprint density at radius 2 is 1.96 bits per heavy atom. The van der Waals surface area contributed by atoms with Crippen molar-refractivity contribution in [2.24, 2.45) is 5.92 Å². The van der Waals surface area contributed by atoms with Gasteiger partial charge in [0.1, 0.15) is 10.6 Å². The Kier molecular flexibility index (Phi) is 4.22. The molecule has 0 saturated heterocycles. The summed E-state index contributed by atoms with van der Waals surface area (Å²) in [5.41, 5.74) is 4.46. The fraction of sp³-hybridized carbons (Fsp3) is 0.333. The van der Waals surface area contributed by atoms with Gasteiger partial charge in [-0.2, -0.15) is 0 Å². The largest absolute Gasteiger partial charge is 0.465 e. The predicted octanol–water partition coefficient (Wildman–Crippen LogP) is 4.17. The summed E-state index contributed by atoms with van der Waals surface area (Å²) in [6, 6.07) is 6.13. The number of hydrogen-bond acceptors (Lipinski definition) is 4. The number of methoxy groups -OCH3 is 1. The second-order valence-electron chi connectivity index (χ2n) is 5.93. The highest BCUT2D eigenvalue weighted by molar-refractivity contribution is 7.15. The van der Waals surface area contributed by atoms with Crippen molar-refractivity contribution in [2.75, 3.05) is 12.4 Å². The van der Waals surface area contributed by atoms with Gasteiger partial charge in [-0.25, -0.2) is 4.79 Å². The van der Waals surface area contributed by atoms with Crippen LogP contribution in [0.3, 0.4) is 0 Å². The number of thiophene rings is 1. The van der Waals surface area contributed by atoms with Crippen molar-refractivity contribution < 1.29 is 14.3 Å². The fourth-order valence-electron chi connectivity index (χ4n) is 2.54. The molecule has 120 valence electrons. The van der Waals surface area contributed by atoms with E-state index >= 15 is 0 Å². The Bertz CT molecular complexity index is 775. The van der Waals surface area contributed by atoms with E-state index < -0.39 is 5.97 Å². The molecule has 0 unspecified atom stereocenters. The molecular weight excluding hydrogens is 310 g/mol. The first-order valence-electron chi connectivity index (χ1n) is 7.59. The predicted molar refractivity (Wildman–Crippen MR) is 91.9 cm³/mol. The summed E-state index contributed by atoms with van der Waals surface area (Å²) in [6.07, 6.45) is 1.85. The zero-order chi connectivity index (χ0) is 16.6. The van der Waals surface area contributed by atoms with E-state index in [4.69, 9.17) is 4.74 Å². The molecule has 3 rings (SSSR count). The molecule has 1 aliphatic carbocycles. The Morgan fingerprint density at radius 3 is 2.61 bits per heavy atom. The highest BCUT2D eigenvalue weighted by Gasteiger charge is 2.31. The molecule has 1 aliphatic rings. The number of ether oxygens (including phenoxy) is 1. The molecule has 0 radical (unpaired) electrons. The maximum atomic E-state index is 12.3. The van der Waals surface area contributed by atoms with E-state index in [0.29, 0.717) is 10.6 Å². The normalized spacial score (nSPS) is 13.7. The molecule has 1 heterocycles. The van der Waals surface area contributed by atoms with Gasteiger partial charge in [0.25, 0.3) is 0 Å². The van der Waals surface area contributed by atoms with E-state index in [2.05, 4.69) is 11.4 Å². The maximum Gasteiger partial charge on any atom is 0.341 e. The highest BCUT2D eigenvalue weighted by Crippen LogP contribution is 2.39. The van der Waals surface area contributed by atoms with Crippen LogP contribution in [0.25, 0.3) is 11.1 Å². The molecule has 0 aliphatic heterocycles. The van der Waals surface area contributed by atoms with Crippen LogP contribution in [-0.2, 0) is 9.53 Å². The van der Waals surface area contributed by atoms with Crippen molar-refractivity contribution in [3.05, 3.63) is 40.3 Å². The van der Waals surface area contributed by atoms with Gasteiger partial charge in [0, 0.05) is 16.9 Å². The van der Waals surface area contributed by atoms with Gasteiger partial charge in [-0.1, -0.05) is 23.8 Å². The Morgan fingerprint density at radius 1 is 1.22 bits per heavy atom. The van der Waals surface area contributed by atoms with Crippen LogP contribution >= 0.6 is 11.3 Å². The van der Waals surface area contributed by atoms with Gasteiger partial charge in [-0.3, -0.25) is 4.79 Å². The number of carbonyl (C=O) groups excluding carboxylic acids is 2. The van der Waals surface area contributed by atoms with E-state index in [1.807, 2.05) is 31.4 Å². The summed E-state index contributed by atoms with van der Waals surface area (Å²) in [5, 5.41) is 5.38. The van der Waals surface area contributed by atoms with Crippen LogP contribution in [0.2, 0.25) is 0 Å². The Hall–Kier alpha value is -2.14. The number of amides is 1.